The molecule has 0 spiro atoms. The Morgan fingerprint density at radius 3 is 2.24 bits per heavy atom. The van der Waals surface area contributed by atoms with Crippen molar-refractivity contribution in [1.29, 1.82) is 0 Å². The van der Waals surface area contributed by atoms with Gasteiger partial charge in [0.15, 0.2) is 0 Å². The number of hydrogen-bond acceptors (Lipinski definition) is 0. The third-order valence-electron chi connectivity index (χ3n) is 9.80. The number of rotatable bonds is 10. The van der Waals surface area contributed by atoms with E-state index in [2.05, 4.69) is 19.6 Å². The lowest BCUT2D eigenvalue weighted by Crippen LogP contribution is -2.30. The van der Waals surface area contributed by atoms with E-state index in [4.69, 9.17) is 0 Å². The van der Waals surface area contributed by atoms with Crippen molar-refractivity contribution in [2.45, 2.75) is 122 Å². The van der Waals surface area contributed by atoms with Gasteiger partial charge in [-0.15, -0.1) is 6.58 Å². The van der Waals surface area contributed by atoms with Crippen LogP contribution in [0.25, 0.3) is 0 Å². The van der Waals surface area contributed by atoms with Crippen LogP contribution in [0.4, 0.5) is 4.39 Å². The fraction of sp³-hybridized carbons (Fsp3) is 0.750. The highest BCUT2D eigenvalue weighted by Gasteiger charge is 2.36. The van der Waals surface area contributed by atoms with Crippen LogP contribution in [-0.4, -0.2) is 0 Å². The average molecular weight is 453 g/mol. The number of hydrogen-bond donors (Lipinski definition) is 0. The lowest BCUT2D eigenvalue weighted by Gasteiger charge is -2.43. The van der Waals surface area contributed by atoms with Gasteiger partial charge in [0.25, 0.3) is 0 Å². The van der Waals surface area contributed by atoms with Crippen molar-refractivity contribution < 1.29 is 4.39 Å². The van der Waals surface area contributed by atoms with Gasteiger partial charge in [-0.1, -0.05) is 89.3 Å². The molecule has 3 aliphatic carbocycles. The molecular weight excluding hydrogens is 403 g/mol. The van der Waals surface area contributed by atoms with Crippen molar-refractivity contribution in [3.05, 3.63) is 47.8 Å². The van der Waals surface area contributed by atoms with Crippen LogP contribution >= 0.6 is 0 Å². The Balaban J connectivity index is 1.19. The lowest BCUT2D eigenvalue weighted by molar-refractivity contribution is 0.108. The van der Waals surface area contributed by atoms with Gasteiger partial charge < -0.3 is 0 Å². The second-order valence-corrected chi connectivity index (χ2v) is 12.0. The quantitative estimate of drug-likeness (QED) is 0.310. The van der Waals surface area contributed by atoms with Gasteiger partial charge in [-0.05, 0) is 97.6 Å². The van der Waals surface area contributed by atoms with Crippen LogP contribution in [0.2, 0.25) is 0 Å². The molecule has 184 valence electrons. The van der Waals surface area contributed by atoms with Gasteiger partial charge in [-0.3, -0.25) is 0 Å². The van der Waals surface area contributed by atoms with Crippen LogP contribution in [0.3, 0.4) is 0 Å². The fourth-order valence-corrected chi connectivity index (χ4v) is 7.60. The predicted octanol–water partition coefficient (Wildman–Crippen LogP) is 10.0. The summed E-state index contributed by atoms with van der Waals surface area (Å²) in [5, 5.41) is 0. The molecule has 0 nitrogen and oxygen atoms in total. The summed E-state index contributed by atoms with van der Waals surface area (Å²) in [4.78, 5) is 0. The zero-order valence-electron chi connectivity index (χ0n) is 21.4. The first-order chi connectivity index (χ1) is 16.2. The maximum atomic E-state index is 14.6. The highest BCUT2D eigenvalue weighted by molar-refractivity contribution is 5.28. The fourth-order valence-electron chi connectivity index (χ4n) is 7.60. The van der Waals surface area contributed by atoms with E-state index < -0.39 is 0 Å². The molecule has 0 amide bonds. The first-order valence-electron chi connectivity index (χ1n) is 14.5. The minimum atomic E-state index is -0.000390. The molecule has 0 aromatic heterocycles. The van der Waals surface area contributed by atoms with Crippen molar-refractivity contribution in [3.8, 4) is 0 Å². The number of unbranched alkanes of at least 4 members (excludes halogenated alkanes) is 1. The molecule has 4 unspecified atom stereocenters. The van der Waals surface area contributed by atoms with E-state index in [0.717, 1.165) is 48.0 Å². The largest absolute Gasteiger partial charge is 0.207 e. The highest BCUT2D eigenvalue weighted by Crippen LogP contribution is 2.49. The van der Waals surface area contributed by atoms with Crippen molar-refractivity contribution in [2.24, 2.45) is 29.6 Å². The normalized spacial score (nSPS) is 32.3. The molecule has 0 aliphatic heterocycles. The smallest absolute Gasteiger partial charge is 0.126 e. The summed E-state index contributed by atoms with van der Waals surface area (Å²) < 4.78 is 14.6. The van der Waals surface area contributed by atoms with E-state index in [-0.39, 0.29) is 5.82 Å². The Kier molecular flexibility index (Phi) is 9.51. The molecule has 3 saturated carbocycles. The molecule has 0 N–H and O–H groups in total. The zero-order chi connectivity index (χ0) is 23.0. The molecule has 33 heavy (non-hydrogen) atoms. The van der Waals surface area contributed by atoms with E-state index in [1.807, 2.05) is 18.2 Å². The number of aryl methyl sites for hydroxylation is 1. The molecule has 1 aromatic rings. The Hall–Kier alpha value is -1.11. The Bertz CT molecular complexity index is 728. The van der Waals surface area contributed by atoms with Crippen LogP contribution in [-0.2, 0) is 6.42 Å². The molecule has 0 saturated heterocycles. The van der Waals surface area contributed by atoms with E-state index in [1.54, 1.807) is 0 Å². The monoisotopic (exact) mass is 452 g/mol. The predicted molar refractivity (Wildman–Crippen MR) is 140 cm³/mol. The van der Waals surface area contributed by atoms with Crippen LogP contribution in [0.15, 0.2) is 30.9 Å². The third kappa shape index (κ3) is 6.95. The van der Waals surface area contributed by atoms with E-state index >= 15 is 0 Å². The number of allylic oxidation sites excluding steroid dienone is 1. The molecule has 1 aromatic carbocycles. The van der Waals surface area contributed by atoms with Gasteiger partial charge in [0, 0.05) is 0 Å². The second-order valence-electron chi connectivity index (χ2n) is 12.0. The minimum Gasteiger partial charge on any atom is -0.207 e. The minimum absolute atomic E-state index is 0.000390. The Labute approximate surface area is 203 Å². The number of benzene rings is 1. The molecule has 4 rings (SSSR count). The maximum Gasteiger partial charge on any atom is 0.126 e. The molecular formula is C32H49F. The van der Waals surface area contributed by atoms with E-state index in [0.29, 0.717) is 5.92 Å². The van der Waals surface area contributed by atoms with Gasteiger partial charge in [-0.25, -0.2) is 4.39 Å². The zero-order valence-corrected chi connectivity index (χ0v) is 21.4. The van der Waals surface area contributed by atoms with Crippen LogP contribution in [0.5, 0.6) is 0 Å². The van der Waals surface area contributed by atoms with Crippen LogP contribution < -0.4 is 0 Å². The van der Waals surface area contributed by atoms with Gasteiger partial charge in [0.05, 0.1) is 0 Å². The van der Waals surface area contributed by atoms with Gasteiger partial charge in [0.1, 0.15) is 5.82 Å². The summed E-state index contributed by atoms with van der Waals surface area (Å²) in [7, 11) is 0. The van der Waals surface area contributed by atoms with Crippen LogP contribution in [0.1, 0.15) is 127 Å². The lowest BCUT2D eigenvalue weighted by atomic mass is 9.63. The molecule has 3 aliphatic rings. The molecule has 1 heteroatoms. The average Bonchev–Trinajstić information content (AvgIpc) is 2.85. The molecule has 0 bridgehead atoms. The standard InChI is InChI=1S/C32H49F/c1-3-5-7-24-9-11-25(12-10-24)13-14-26-15-16-29-22-30(20-19-28(29)21-26)31-18-17-27(8-6-4-2)32(33)23-31/h4,17-18,23-26,28-30H,2-3,5-16,19-22H2,1H3. The molecule has 3 fully saturated rings. The first-order valence-corrected chi connectivity index (χ1v) is 14.5. The van der Waals surface area contributed by atoms with Gasteiger partial charge in [0.2, 0.25) is 0 Å². The molecule has 4 atom stereocenters. The second kappa shape index (κ2) is 12.6. The summed E-state index contributed by atoms with van der Waals surface area (Å²) in [6.07, 6.45) is 25.1. The maximum absolute atomic E-state index is 14.6. The van der Waals surface area contributed by atoms with Crippen molar-refractivity contribution in [2.75, 3.05) is 0 Å². The first kappa shape index (κ1) is 25.0. The van der Waals surface area contributed by atoms with Crippen LogP contribution in [0, 0.1) is 35.4 Å². The van der Waals surface area contributed by atoms with Gasteiger partial charge in [-0.2, -0.15) is 0 Å². The topological polar surface area (TPSA) is 0 Å². The summed E-state index contributed by atoms with van der Waals surface area (Å²) in [6.45, 7) is 6.09. The SMILES string of the molecule is C=CCCc1ccc(C2CCC3CC(CCC4CCC(CCCC)CC4)CCC3C2)cc1F. The third-order valence-corrected chi connectivity index (χ3v) is 9.80. The summed E-state index contributed by atoms with van der Waals surface area (Å²) >= 11 is 0. The van der Waals surface area contributed by atoms with Gasteiger partial charge >= 0.3 is 0 Å². The summed E-state index contributed by atoms with van der Waals surface area (Å²) in [5.74, 6) is 5.47. The highest BCUT2D eigenvalue weighted by atomic mass is 19.1. The Morgan fingerprint density at radius 1 is 0.848 bits per heavy atom. The molecule has 0 heterocycles. The Morgan fingerprint density at radius 2 is 1.52 bits per heavy atom. The van der Waals surface area contributed by atoms with E-state index in [9.17, 15) is 4.39 Å². The number of halogens is 1. The number of fused-ring (bicyclic) bond motifs is 1. The van der Waals surface area contributed by atoms with E-state index in [1.165, 1.54) is 102 Å². The summed E-state index contributed by atoms with van der Waals surface area (Å²) in [6, 6.07) is 6.11. The van der Waals surface area contributed by atoms with Crippen molar-refractivity contribution in [1.82, 2.24) is 0 Å². The molecule has 0 radical (unpaired) electrons. The van der Waals surface area contributed by atoms with Crippen molar-refractivity contribution in [3.63, 3.8) is 0 Å². The summed E-state index contributed by atoms with van der Waals surface area (Å²) in [5.41, 5.74) is 2.10. The van der Waals surface area contributed by atoms with Crippen molar-refractivity contribution >= 4 is 0 Å².